The molecule has 4 heteroatoms. The van der Waals surface area contributed by atoms with Gasteiger partial charge in [0.25, 0.3) is 0 Å². The van der Waals surface area contributed by atoms with Crippen LogP contribution < -0.4 is 5.63 Å². The predicted octanol–water partition coefficient (Wildman–Crippen LogP) is 3.16. The van der Waals surface area contributed by atoms with E-state index in [1.807, 2.05) is 12.1 Å². The smallest absolute Gasteiger partial charge is 0.344 e. The molecule has 1 N–H and O–H groups in total. The van der Waals surface area contributed by atoms with Gasteiger partial charge < -0.3 is 9.52 Å². The van der Waals surface area contributed by atoms with E-state index in [0.29, 0.717) is 16.7 Å². The second-order valence-corrected chi connectivity index (χ2v) is 4.37. The van der Waals surface area contributed by atoms with E-state index in [2.05, 4.69) is 0 Å². The van der Waals surface area contributed by atoms with Crippen molar-refractivity contribution < 1.29 is 14.3 Å². The van der Waals surface area contributed by atoms with Gasteiger partial charge in [-0.2, -0.15) is 0 Å². The molecule has 0 fully saturated rings. The van der Waals surface area contributed by atoms with E-state index < -0.39 is 11.6 Å². The molecule has 2 aromatic carbocycles. The minimum atomic E-state index is -0.989. The first kappa shape index (κ1) is 12.2. The molecule has 20 heavy (non-hydrogen) atoms. The summed E-state index contributed by atoms with van der Waals surface area (Å²) >= 11 is 0. The van der Waals surface area contributed by atoms with Crippen LogP contribution in [0, 0.1) is 0 Å². The zero-order chi connectivity index (χ0) is 14.1. The molecule has 0 radical (unpaired) electrons. The monoisotopic (exact) mass is 266 g/mol. The largest absolute Gasteiger partial charge is 0.478 e. The zero-order valence-electron chi connectivity index (χ0n) is 10.4. The van der Waals surface area contributed by atoms with Gasteiger partial charge in [0, 0.05) is 5.56 Å². The van der Waals surface area contributed by atoms with E-state index in [1.165, 1.54) is 12.1 Å². The van der Waals surface area contributed by atoms with Crippen molar-refractivity contribution in [2.45, 2.75) is 0 Å². The normalized spacial score (nSPS) is 10.6. The van der Waals surface area contributed by atoms with Crippen molar-refractivity contribution in [2.75, 3.05) is 0 Å². The van der Waals surface area contributed by atoms with Crippen molar-refractivity contribution in [3.05, 3.63) is 70.6 Å². The van der Waals surface area contributed by atoms with E-state index >= 15 is 0 Å². The number of carboxylic acids is 1. The third-order valence-electron chi connectivity index (χ3n) is 3.09. The summed E-state index contributed by atoms with van der Waals surface area (Å²) in [5, 5.41) is 10.2. The standard InChI is InChI=1S/C16H10O4/c17-15(18)11-7-5-10(6-8-11)14-9-12-3-1-2-4-13(12)16(19)20-14/h1-9H,(H,17,18). The molecular formula is C16H10O4. The fraction of sp³-hybridized carbons (Fsp3) is 0. The maximum absolute atomic E-state index is 11.9. The van der Waals surface area contributed by atoms with Crippen molar-refractivity contribution in [2.24, 2.45) is 0 Å². The SMILES string of the molecule is O=C(O)c1ccc(-c2cc3ccccc3c(=O)o2)cc1. The topological polar surface area (TPSA) is 67.5 Å². The highest BCUT2D eigenvalue weighted by Gasteiger charge is 2.07. The van der Waals surface area contributed by atoms with Crippen LogP contribution in [0.1, 0.15) is 10.4 Å². The molecule has 0 unspecified atom stereocenters. The van der Waals surface area contributed by atoms with E-state index in [0.717, 1.165) is 5.39 Å². The summed E-state index contributed by atoms with van der Waals surface area (Å²) < 4.78 is 5.27. The van der Waals surface area contributed by atoms with E-state index in [1.54, 1.807) is 30.3 Å². The molecule has 0 aliphatic heterocycles. The Morgan fingerprint density at radius 2 is 1.70 bits per heavy atom. The Morgan fingerprint density at radius 1 is 1.00 bits per heavy atom. The van der Waals surface area contributed by atoms with Crippen LogP contribution in [0.2, 0.25) is 0 Å². The lowest BCUT2D eigenvalue weighted by molar-refractivity contribution is 0.0697. The summed E-state index contributed by atoms with van der Waals surface area (Å²) in [4.78, 5) is 22.7. The second kappa shape index (κ2) is 4.66. The summed E-state index contributed by atoms with van der Waals surface area (Å²) in [5.74, 6) is -0.567. The number of hydrogen-bond donors (Lipinski definition) is 1. The molecule has 3 aromatic rings. The molecule has 0 saturated carbocycles. The Bertz CT molecular complexity index is 844. The average molecular weight is 266 g/mol. The molecule has 98 valence electrons. The van der Waals surface area contributed by atoms with Gasteiger partial charge in [-0.15, -0.1) is 0 Å². The third-order valence-corrected chi connectivity index (χ3v) is 3.09. The van der Waals surface area contributed by atoms with E-state index in [4.69, 9.17) is 9.52 Å². The van der Waals surface area contributed by atoms with Crippen LogP contribution in [0.3, 0.4) is 0 Å². The van der Waals surface area contributed by atoms with Crippen LogP contribution in [0.15, 0.2) is 63.8 Å². The Morgan fingerprint density at radius 3 is 2.40 bits per heavy atom. The Labute approximate surface area is 113 Å². The molecule has 0 aliphatic rings. The van der Waals surface area contributed by atoms with Gasteiger partial charge in [0.05, 0.1) is 10.9 Å². The van der Waals surface area contributed by atoms with Crippen LogP contribution in [-0.2, 0) is 0 Å². The molecule has 4 nitrogen and oxygen atoms in total. The minimum absolute atomic E-state index is 0.192. The fourth-order valence-electron chi connectivity index (χ4n) is 2.05. The summed E-state index contributed by atoms with van der Waals surface area (Å²) in [5.41, 5.74) is 0.454. The number of benzene rings is 2. The highest BCUT2D eigenvalue weighted by molar-refractivity contribution is 5.88. The van der Waals surface area contributed by atoms with Crippen molar-refractivity contribution >= 4 is 16.7 Å². The molecule has 0 saturated heterocycles. The molecule has 1 aromatic heterocycles. The van der Waals surface area contributed by atoms with E-state index in [-0.39, 0.29) is 5.56 Å². The van der Waals surface area contributed by atoms with Crippen molar-refractivity contribution in [1.29, 1.82) is 0 Å². The van der Waals surface area contributed by atoms with Crippen LogP contribution in [0.4, 0.5) is 0 Å². The Hall–Kier alpha value is -2.88. The number of fused-ring (bicyclic) bond motifs is 1. The van der Waals surface area contributed by atoms with Gasteiger partial charge in [-0.25, -0.2) is 9.59 Å². The molecule has 0 amide bonds. The summed E-state index contributed by atoms with van der Waals surface area (Å²) in [6, 6.07) is 15.1. The number of hydrogen-bond acceptors (Lipinski definition) is 3. The van der Waals surface area contributed by atoms with Crippen LogP contribution in [-0.4, -0.2) is 11.1 Å². The number of aromatic carboxylic acids is 1. The predicted molar refractivity (Wildman–Crippen MR) is 74.9 cm³/mol. The molecule has 0 spiro atoms. The minimum Gasteiger partial charge on any atom is -0.478 e. The first-order valence-corrected chi connectivity index (χ1v) is 6.02. The van der Waals surface area contributed by atoms with Gasteiger partial charge in [-0.1, -0.05) is 30.3 Å². The third kappa shape index (κ3) is 2.07. The molecule has 3 rings (SSSR count). The number of carbonyl (C=O) groups is 1. The van der Waals surface area contributed by atoms with Crippen molar-refractivity contribution in [1.82, 2.24) is 0 Å². The van der Waals surface area contributed by atoms with Crippen LogP contribution in [0.25, 0.3) is 22.1 Å². The number of rotatable bonds is 2. The molecular weight excluding hydrogens is 256 g/mol. The maximum atomic E-state index is 11.9. The Balaban J connectivity index is 2.14. The molecule has 0 aliphatic carbocycles. The molecule has 1 heterocycles. The van der Waals surface area contributed by atoms with Crippen molar-refractivity contribution in [3.8, 4) is 11.3 Å². The first-order valence-electron chi connectivity index (χ1n) is 6.02. The summed E-state index contributed by atoms with van der Waals surface area (Å²) in [6.07, 6.45) is 0. The second-order valence-electron chi connectivity index (χ2n) is 4.37. The lowest BCUT2D eigenvalue weighted by Crippen LogP contribution is -2.00. The highest BCUT2D eigenvalue weighted by atomic mass is 16.4. The quantitative estimate of drug-likeness (QED) is 0.773. The average Bonchev–Trinajstić information content (AvgIpc) is 2.47. The summed E-state index contributed by atoms with van der Waals surface area (Å²) in [6.45, 7) is 0. The van der Waals surface area contributed by atoms with Crippen LogP contribution >= 0.6 is 0 Å². The van der Waals surface area contributed by atoms with Crippen LogP contribution in [0.5, 0.6) is 0 Å². The lowest BCUT2D eigenvalue weighted by Gasteiger charge is -2.03. The van der Waals surface area contributed by atoms with Gasteiger partial charge in [0.1, 0.15) is 5.76 Å². The maximum Gasteiger partial charge on any atom is 0.344 e. The van der Waals surface area contributed by atoms with E-state index in [9.17, 15) is 9.59 Å². The summed E-state index contributed by atoms with van der Waals surface area (Å²) in [7, 11) is 0. The van der Waals surface area contributed by atoms with Gasteiger partial charge in [-0.05, 0) is 29.7 Å². The lowest BCUT2D eigenvalue weighted by atomic mass is 10.1. The Kier molecular flexibility index (Phi) is 2.84. The van der Waals surface area contributed by atoms with Gasteiger partial charge in [0.15, 0.2) is 0 Å². The first-order chi connectivity index (χ1) is 9.65. The van der Waals surface area contributed by atoms with Crippen molar-refractivity contribution in [3.63, 3.8) is 0 Å². The van der Waals surface area contributed by atoms with Gasteiger partial charge in [-0.3, -0.25) is 0 Å². The molecule has 0 atom stereocenters. The fourth-order valence-corrected chi connectivity index (χ4v) is 2.05. The van der Waals surface area contributed by atoms with Gasteiger partial charge >= 0.3 is 11.6 Å². The van der Waals surface area contributed by atoms with Gasteiger partial charge in [0.2, 0.25) is 0 Å². The number of carboxylic acid groups (broad SMARTS) is 1. The molecule has 0 bridgehead atoms. The highest BCUT2D eigenvalue weighted by Crippen LogP contribution is 2.22. The zero-order valence-corrected chi connectivity index (χ0v) is 10.4.